The van der Waals surface area contributed by atoms with E-state index in [-0.39, 0.29) is 23.5 Å². The average Bonchev–Trinajstić information content (AvgIpc) is 3.25. The summed E-state index contributed by atoms with van der Waals surface area (Å²) in [7, 11) is 2.48. The van der Waals surface area contributed by atoms with Crippen molar-refractivity contribution in [1.82, 2.24) is 9.97 Å². The van der Waals surface area contributed by atoms with Crippen molar-refractivity contribution in [1.29, 1.82) is 0 Å². The fourth-order valence-corrected chi connectivity index (χ4v) is 4.20. The summed E-state index contributed by atoms with van der Waals surface area (Å²) in [5, 5.41) is 4.37. The number of ether oxygens (including phenoxy) is 2. The third kappa shape index (κ3) is 5.55. The summed E-state index contributed by atoms with van der Waals surface area (Å²) < 4.78 is 9.48. The van der Waals surface area contributed by atoms with Gasteiger partial charge in [0.2, 0.25) is 5.91 Å². The molecule has 0 aliphatic carbocycles. The molecule has 0 saturated heterocycles. The first-order valence-corrected chi connectivity index (χ1v) is 11.6. The van der Waals surface area contributed by atoms with Crippen LogP contribution in [0.1, 0.15) is 39.1 Å². The van der Waals surface area contributed by atoms with E-state index in [1.54, 1.807) is 6.20 Å². The molecule has 0 spiro atoms. The zero-order valence-electron chi connectivity index (χ0n) is 19.8. The van der Waals surface area contributed by atoms with Gasteiger partial charge in [0.1, 0.15) is 0 Å². The number of pyridine rings is 1. The third-order valence-corrected chi connectivity index (χ3v) is 5.91. The van der Waals surface area contributed by atoms with Crippen molar-refractivity contribution in [2.24, 2.45) is 0 Å². The van der Waals surface area contributed by atoms with Gasteiger partial charge in [-0.25, -0.2) is 9.59 Å². The molecule has 0 aliphatic heterocycles. The molecule has 0 radical (unpaired) electrons. The number of esters is 2. The molecule has 184 valence electrons. The van der Waals surface area contributed by atoms with Crippen molar-refractivity contribution in [3.8, 4) is 11.4 Å². The number of rotatable bonds is 8. The number of hydrogen-bond acceptors (Lipinski definition) is 6. The van der Waals surface area contributed by atoms with Gasteiger partial charge in [-0.15, -0.1) is 0 Å². The number of fused-ring (bicyclic) bond motifs is 1. The maximum absolute atomic E-state index is 12.7. The Balaban J connectivity index is 1.51. The van der Waals surface area contributed by atoms with E-state index in [2.05, 4.69) is 15.3 Å². The van der Waals surface area contributed by atoms with Gasteiger partial charge in [0.05, 0.1) is 36.7 Å². The first kappa shape index (κ1) is 24.9. The Labute approximate surface area is 212 Å². The van der Waals surface area contributed by atoms with Crippen LogP contribution in [0, 0.1) is 0 Å². The van der Waals surface area contributed by atoms with E-state index in [1.807, 2.05) is 36.4 Å². The number of aromatic amines is 1. The first-order valence-electron chi connectivity index (χ1n) is 11.2. The van der Waals surface area contributed by atoms with Crippen molar-refractivity contribution in [2.75, 3.05) is 19.5 Å². The molecule has 2 aromatic heterocycles. The quantitative estimate of drug-likeness (QED) is 0.309. The molecule has 9 heteroatoms. The Kier molecular flexibility index (Phi) is 7.65. The number of halogens is 1. The largest absolute Gasteiger partial charge is 0.465 e. The normalized spacial score (nSPS) is 10.8. The lowest BCUT2D eigenvalue weighted by molar-refractivity contribution is -0.116. The summed E-state index contributed by atoms with van der Waals surface area (Å²) in [4.78, 5) is 44.6. The highest BCUT2D eigenvalue weighted by Crippen LogP contribution is 2.32. The second kappa shape index (κ2) is 11.0. The molecule has 0 bridgehead atoms. The highest BCUT2D eigenvalue weighted by atomic mass is 35.5. The number of hydrogen-bond donors (Lipinski definition) is 2. The molecular weight excluding hydrogens is 482 g/mol. The van der Waals surface area contributed by atoms with Crippen LogP contribution in [0.5, 0.6) is 0 Å². The summed E-state index contributed by atoms with van der Waals surface area (Å²) in [5.74, 6) is -1.52. The number of nitrogens with one attached hydrogen (secondary N) is 2. The van der Waals surface area contributed by atoms with Gasteiger partial charge >= 0.3 is 11.9 Å². The predicted octanol–water partition coefficient (Wildman–Crippen LogP) is 5.42. The van der Waals surface area contributed by atoms with Gasteiger partial charge in [-0.2, -0.15) is 0 Å². The highest BCUT2D eigenvalue weighted by Gasteiger charge is 2.17. The topological polar surface area (TPSA) is 110 Å². The fraction of sp³-hybridized carbons (Fsp3) is 0.185. The molecule has 0 saturated carbocycles. The molecule has 2 heterocycles. The van der Waals surface area contributed by atoms with Gasteiger partial charge < -0.3 is 19.8 Å². The third-order valence-electron chi connectivity index (χ3n) is 5.68. The van der Waals surface area contributed by atoms with E-state index < -0.39 is 11.9 Å². The molecule has 0 aliphatic rings. The van der Waals surface area contributed by atoms with E-state index in [9.17, 15) is 14.4 Å². The molecule has 0 unspecified atom stereocenters. The lowest BCUT2D eigenvalue weighted by atomic mass is 10.0. The Hall–Kier alpha value is -4.17. The Morgan fingerprint density at radius 1 is 0.972 bits per heavy atom. The lowest BCUT2D eigenvalue weighted by Gasteiger charge is -2.10. The second-order valence-corrected chi connectivity index (χ2v) is 8.50. The molecule has 1 amide bonds. The zero-order valence-corrected chi connectivity index (χ0v) is 20.5. The maximum atomic E-state index is 12.7. The summed E-state index contributed by atoms with van der Waals surface area (Å²) in [6.07, 6.45) is 3.10. The minimum absolute atomic E-state index is 0.131. The van der Waals surface area contributed by atoms with Crippen LogP contribution < -0.4 is 5.32 Å². The van der Waals surface area contributed by atoms with Gasteiger partial charge in [0, 0.05) is 34.2 Å². The number of carbonyl (C=O) groups is 3. The Morgan fingerprint density at radius 3 is 2.33 bits per heavy atom. The zero-order chi connectivity index (χ0) is 25.7. The highest BCUT2D eigenvalue weighted by molar-refractivity contribution is 6.31. The number of nitrogens with zero attached hydrogens (tertiary/aromatic N) is 1. The van der Waals surface area contributed by atoms with E-state index in [1.165, 1.54) is 32.4 Å². The molecule has 2 N–H and O–H groups in total. The summed E-state index contributed by atoms with van der Waals surface area (Å²) in [6, 6.07) is 15.6. The predicted molar refractivity (Wildman–Crippen MR) is 137 cm³/mol. The second-order valence-electron chi connectivity index (χ2n) is 8.07. The van der Waals surface area contributed by atoms with Crippen LogP contribution in [0.4, 0.5) is 5.69 Å². The standard InChI is InChI=1S/C27H24ClN3O5/c1-35-26(33)16-12-17(27(34)36-2)14-19(13-16)30-24(32)8-5-6-20-21-15-18(28)9-10-22(21)31-25(20)23-7-3-4-11-29-23/h3-4,7,9-15,31H,5-6,8H2,1-2H3,(H,30,32). The maximum Gasteiger partial charge on any atom is 0.337 e. The van der Waals surface area contributed by atoms with Gasteiger partial charge in [-0.05, 0) is 66.9 Å². The molecule has 0 atom stereocenters. The van der Waals surface area contributed by atoms with Crippen LogP contribution in [0.15, 0.2) is 60.8 Å². The molecule has 4 rings (SSSR count). The molecule has 0 fully saturated rings. The average molecular weight is 506 g/mol. The summed E-state index contributed by atoms with van der Waals surface area (Å²) >= 11 is 6.25. The van der Waals surface area contributed by atoms with Crippen LogP contribution >= 0.6 is 11.6 Å². The number of anilines is 1. The Bertz CT molecular complexity index is 1400. The number of aryl methyl sites for hydroxylation is 1. The van der Waals surface area contributed by atoms with Crippen molar-refractivity contribution in [3.63, 3.8) is 0 Å². The van der Waals surface area contributed by atoms with Gasteiger partial charge in [-0.3, -0.25) is 9.78 Å². The molecule has 36 heavy (non-hydrogen) atoms. The fourth-order valence-electron chi connectivity index (χ4n) is 4.03. The molecule has 8 nitrogen and oxygen atoms in total. The summed E-state index contributed by atoms with van der Waals surface area (Å²) in [5.41, 5.74) is 4.23. The number of methoxy groups -OCH3 is 2. The summed E-state index contributed by atoms with van der Waals surface area (Å²) in [6.45, 7) is 0. The number of amides is 1. The van der Waals surface area contributed by atoms with Gasteiger partial charge in [0.25, 0.3) is 0 Å². The van der Waals surface area contributed by atoms with Crippen molar-refractivity contribution in [3.05, 3.63) is 82.5 Å². The van der Waals surface area contributed by atoms with Crippen molar-refractivity contribution < 1.29 is 23.9 Å². The van der Waals surface area contributed by atoms with Gasteiger partial charge in [0.15, 0.2) is 0 Å². The Morgan fingerprint density at radius 2 is 1.69 bits per heavy atom. The molecule has 4 aromatic rings. The lowest BCUT2D eigenvalue weighted by Crippen LogP contribution is -2.14. The SMILES string of the molecule is COC(=O)c1cc(NC(=O)CCCc2c(-c3ccccn3)[nH]c3ccc(Cl)cc23)cc(C(=O)OC)c1. The monoisotopic (exact) mass is 505 g/mol. The van der Waals surface area contributed by atoms with E-state index in [4.69, 9.17) is 21.1 Å². The van der Waals surface area contributed by atoms with Gasteiger partial charge in [-0.1, -0.05) is 17.7 Å². The van der Waals surface area contributed by atoms with E-state index in [0.717, 1.165) is 27.9 Å². The van der Waals surface area contributed by atoms with Crippen molar-refractivity contribution >= 4 is 46.0 Å². The smallest absolute Gasteiger partial charge is 0.337 e. The van der Waals surface area contributed by atoms with Crippen LogP contribution in [0.2, 0.25) is 5.02 Å². The van der Waals surface area contributed by atoms with Crippen LogP contribution in [0.25, 0.3) is 22.3 Å². The first-order chi connectivity index (χ1) is 17.4. The number of benzene rings is 2. The molecular formula is C27H24ClN3O5. The van der Waals surface area contributed by atoms with Crippen LogP contribution in [-0.2, 0) is 20.7 Å². The van der Waals surface area contributed by atoms with E-state index >= 15 is 0 Å². The minimum Gasteiger partial charge on any atom is -0.465 e. The van der Waals surface area contributed by atoms with Crippen LogP contribution in [0.3, 0.4) is 0 Å². The van der Waals surface area contributed by atoms with Crippen LogP contribution in [-0.4, -0.2) is 42.0 Å². The molecule has 2 aromatic carbocycles. The number of carbonyl (C=O) groups excluding carboxylic acids is 3. The van der Waals surface area contributed by atoms with E-state index in [0.29, 0.717) is 23.6 Å². The van der Waals surface area contributed by atoms with Crippen molar-refractivity contribution in [2.45, 2.75) is 19.3 Å². The number of H-pyrrole nitrogens is 1. The minimum atomic E-state index is -0.628. The number of aromatic nitrogens is 2.